The summed E-state index contributed by atoms with van der Waals surface area (Å²) in [5.74, 6) is -0.815. The lowest BCUT2D eigenvalue weighted by atomic mass is 10.1. The molecule has 0 atom stereocenters. The zero-order chi connectivity index (χ0) is 15.8. The lowest BCUT2D eigenvalue weighted by molar-refractivity contribution is -0.274. The first-order valence-electron chi connectivity index (χ1n) is 5.74. The number of hydrogen-bond donors (Lipinski definition) is 0. The Morgan fingerprint density at radius 2 is 2.00 bits per heavy atom. The van der Waals surface area contributed by atoms with Gasteiger partial charge in [-0.25, -0.2) is 0 Å². The van der Waals surface area contributed by atoms with Gasteiger partial charge >= 0.3 is 6.36 Å². The molecule has 2 rings (SSSR count). The summed E-state index contributed by atoms with van der Waals surface area (Å²) in [6, 6.07) is 3.57. The highest BCUT2D eigenvalue weighted by Crippen LogP contribution is 2.31. The molecule has 8 heteroatoms. The summed E-state index contributed by atoms with van der Waals surface area (Å²) < 4.78 is 40.5. The number of pyridine rings is 1. The maximum Gasteiger partial charge on any atom is 0.573 e. The Labute approximate surface area is 123 Å². The number of halogens is 4. The SMILES string of the molecule is CN(C)C(=O)c1cnc2ccc(OC(F)(F)F)cc2c1Cl. The van der Waals surface area contributed by atoms with Crippen molar-refractivity contribution < 1.29 is 22.7 Å². The Morgan fingerprint density at radius 1 is 1.33 bits per heavy atom. The molecule has 0 N–H and O–H groups in total. The number of carbonyl (C=O) groups is 1. The molecule has 0 aliphatic heterocycles. The number of rotatable bonds is 2. The van der Waals surface area contributed by atoms with Crippen molar-refractivity contribution >= 4 is 28.4 Å². The normalized spacial score (nSPS) is 11.5. The molecule has 2 aromatic rings. The molecule has 0 radical (unpaired) electrons. The minimum absolute atomic E-state index is 0.0336. The molecule has 112 valence electrons. The molecule has 21 heavy (non-hydrogen) atoms. The number of aromatic nitrogens is 1. The molecule has 0 aliphatic carbocycles. The second-order valence-electron chi connectivity index (χ2n) is 4.41. The summed E-state index contributed by atoms with van der Waals surface area (Å²) in [5, 5.41) is 0.248. The Balaban J connectivity index is 2.54. The van der Waals surface area contributed by atoms with E-state index in [0.29, 0.717) is 5.52 Å². The van der Waals surface area contributed by atoms with Crippen molar-refractivity contribution in [3.05, 3.63) is 35.0 Å². The molecule has 0 saturated heterocycles. The van der Waals surface area contributed by atoms with Gasteiger partial charge in [0, 0.05) is 25.7 Å². The van der Waals surface area contributed by atoms with Gasteiger partial charge in [0.25, 0.3) is 5.91 Å². The molecule has 1 aromatic carbocycles. The quantitative estimate of drug-likeness (QED) is 0.851. The number of hydrogen-bond acceptors (Lipinski definition) is 3. The van der Waals surface area contributed by atoms with E-state index in [0.717, 1.165) is 12.1 Å². The Hall–Kier alpha value is -2.02. The largest absolute Gasteiger partial charge is 0.573 e. The van der Waals surface area contributed by atoms with Crippen LogP contribution in [0.15, 0.2) is 24.4 Å². The van der Waals surface area contributed by atoms with Crippen molar-refractivity contribution in [3.63, 3.8) is 0 Å². The number of fused-ring (bicyclic) bond motifs is 1. The molecule has 0 fully saturated rings. The van der Waals surface area contributed by atoms with Crippen molar-refractivity contribution in [1.29, 1.82) is 0 Å². The number of benzene rings is 1. The fourth-order valence-electron chi connectivity index (χ4n) is 1.73. The first kappa shape index (κ1) is 15.4. The Bertz CT molecular complexity index is 702. The monoisotopic (exact) mass is 318 g/mol. The summed E-state index contributed by atoms with van der Waals surface area (Å²) in [6.07, 6.45) is -3.51. The first-order chi connectivity index (χ1) is 9.69. The minimum Gasteiger partial charge on any atom is -0.406 e. The molecule has 1 aromatic heterocycles. The van der Waals surface area contributed by atoms with Gasteiger partial charge in [0.2, 0.25) is 0 Å². The number of nitrogens with zero attached hydrogens (tertiary/aromatic N) is 2. The van der Waals surface area contributed by atoms with E-state index in [1.807, 2.05) is 0 Å². The molecule has 1 amide bonds. The maximum absolute atomic E-state index is 12.2. The molecular formula is C13H10ClF3N2O2. The zero-order valence-electron chi connectivity index (χ0n) is 11.0. The van der Waals surface area contributed by atoms with Crippen molar-refractivity contribution in [2.24, 2.45) is 0 Å². The highest BCUT2D eigenvalue weighted by atomic mass is 35.5. The van der Waals surface area contributed by atoms with Crippen molar-refractivity contribution in [3.8, 4) is 5.75 Å². The van der Waals surface area contributed by atoms with Crippen molar-refractivity contribution in [2.45, 2.75) is 6.36 Å². The molecule has 4 nitrogen and oxygen atoms in total. The van der Waals surface area contributed by atoms with Crippen molar-refractivity contribution in [2.75, 3.05) is 14.1 Å². The summed E-state index contributed by atoms with van der Waals surface area (Å²) >= 11 is 6.10. The summed E-state index contributed by atoms with van der Waals surface area (Å²) in [7, 11) is 3.07. The van der Waals surface area contributed by atoms with Gasteiger partial charge in [-0.05, 0) is 18.2 Å². The number of amides is 1. The molecule has 0 unspecified atom stereocenters. The van der Waals surface area contributed by atoms with E-state index < -0.39 is 18.0 Å². The van der Waals surface area contributed by atoms with E-state index in [1.165, 1.54) is 31.3 Å². The third kappa shape index (κ3) is 3.36. The van der Waals surface area contributed by atoms with Crippen LogP contribution in [0.25, 0.3) is 10.9 Å². The van der Waals surface area contributed by atoms with Gasteiger partial charge in [-0.3, -0.25) is 9.78 Å². The van der Waals surface area contributed by atoms with Crippen LogP contribution < -0.4 is 4.74 Å². The van der Waals surface area contributed by atoms with Gasteiger partial charge in [0.05, 0.1) is 16.1 Å². The molecule has 1 heterocycles. The van der Waals surface area contributed by atoms with E-state index in [-0.39, 0.29) is 16.0 Å². The topological polar surface area (TPSA) is 42.4 Å². The molecular weight excluding hydrogens is 309 g/mol. The van der Waals surface area contributed by atoms with Crippen LogP contribution in [-0.4, -0.2) is 36.2 Å². The highest BCUT2D eigenvalue weighted by Gasteiger charge is 2.31. The summed E-state index contributed by atoms with van der Waals surface area (Å²) in [4.78, 5) is 17.2. The van der Waals surface area contributed by atoms with Crippen molar-refractivity contribution in [1.82, 2.24) is 9.88 Å². The second kappa shape index (κ2) is 5.40. The number of carbonyl (C=O) groups excluding carboxylic acids is 1. The van der Waals surface area contributed by atoms with E-state index in [2.05, 4.69) is 9.72 Å². The van der Waals surface area contributed by atoms with Gasteiger partial charge in [0.15, 0.2) is 0 Å². The number of ether oxygens (including phenoxy) is 1. The highest BCUT2D eigenvalue weighted by molar-refractivity contribution is 6.38. The van der Waals surface area contributed by atoms with Gasteiger partial charge in [-0.1, -0.05) is 11.6 Å². The van der Waals surface area contributed by atoms with Gasteiger partial charge in [-0.2, -0.15) is 0 Å². The Kier molecular flexibility index (Phi) is 3.95. The smallest absolute Gasteiger partial charge is 0.406 e. The van der Waals surface area contributed by atoms with Gasteiger partial charge in [-0.15, -0.1) is 13.2 Å². The van der Waals surface area contributed by atoms with E-state index in [4.69, 9.17) is 11.6 Å². The summed E-state index contributed by atoms with van der Waals surface area (Å²) in [5.41, 5.74) is 0.475. The van der Waals surface area contributed by atoms with Crippen LogP contribution in [0, 0.1) is 0 Å². The predicted molar refractivity (Wildman–Crippen MR) is 71.5 cm³/mol. The minimum atomic E-state index is -4.80. The first-order valence-corrected chi connectivity index (χ1v) is 6.12. The lowest BCUT2D eigenvalue weighted by Gasteiger charge is -2.13. The second-order valence-corrected chi connectivity index (χ2v) is 4.79. The fraction of sp³-hybridized carbons (Fsp3) is 0.231. The molecule has 0 bridgehead atoms. The predicted octanol–water partition coefficient (Wildman–Crippen LogP) is 3.49. The molecule has 0 aliphatic rings. The standard InChI is InChI=1S/C13H10ClF3N2O2/c1-19(2)12(20)9-6-18-10-4-3-7(21-13(15,16)17)5-8(10)11(9)14/h3-6H,1-2H3. The van der Waals surface area contributed by atoms with Crippen LogP contribution in [0.3, 0.4) is 0 Å². The van der Waals surface area contributed by atoms with Crippen LogP contribution in [0.1, 0.15) is 10.4 Å². The van der Waals surface area contributed by atoms with Gasteiger partial charge in [0.1, 0.15) is 5.75 Å². The van der Waals surface area contributed by atoms with Crippen LogP contribution in [-0.2, 0) is 0 Å². The van der Waals surface area contributed by atoms with Crippen LogP contribution >= 0.6 is 11.6 Å². The molecule has 0 spiro atoms. The van der Waals surface area contributed by atoms with Crippen LogP contribution in [0.4, 0.5) is 13.2 Å². The maximum atomic E-state index is 12.2. The van der Waals surface area contributed by atoms with E-state index in [9.17, 15) is 18.0 Å². The fourth-order valence-corrected chi connectivity index (χ4v) is 2.01. The number of alkyl halides is 3. The average Bonchev–Trinajstić information content (AvgIpc) is 2.37. The lowest BCUT2D eigenvalue weighted by Crippen LogP contribution is -2.22. The molecule has 0 saturated carbocycles. The van der Waals surface area contributed by atoms with Crippen LogP contribution in [0.5, 0.6) is 5.75 Å². The van der Waals surface area contributed by atoms with E-state index in [1.54, 1.807) is 0 Å². The van der Waals surface area contributed by atoms with Gasteiger partial charge < -0.3 is 9.64 Å². The third-order valence-corrected chi connectivity index (χ3v) is 3.05. The van der Waals surface area contributed by atoms with Crippen LogP contribution in [0.2, 0.25) is 5.02 Å². The zero-order valence-corrected chi connectivity index (χ0v) is 11.8. The average molecular weight is 319 g/mol. The van der Waals surface area contributed by atoms with E-state index >= 15 is 0 Å². The summed E-state index contributed by atoms with van der Waals surface area (Å²) in [6.45, 7) is 0. The third-order valence-electron chi connectivity index (χ3n) is 2.64. The Morgan fingerprint density at radius 3 is 2.57 bits per heavy atom.